The van der Waals surface area contributed by atoms with Gasteiger partial charge in [-0.25, -0.2) is 5.01 Å². The maximum Gasteiger partial charge on any atom is 0.276 e. The lowest BCUT2D eigenvalue weighted by atomic mass is 10.1. The number of unbranched alkanes of at least 4 members (excludes halogenated alkanes) is 2. The topological polar surface area (TPSA) is 57.1 Å². The first-order valence-corrected chi connectivity index (χ1v) is 10.8. The van der Waals surface area contributed by atoms with Gasteiger partial charge >= 0.3 is 0 Å². The van der Waals surface area contributed by atoms with E-state index in [0.29, 0.717) is 15.9 Å². The molecule has 2 aromatic carbocycles. The number of rotatable bonds is 5. The number of amidine groups is 1. The molecule has 7 heteroatoms. The second-order valence-corrected chi connectivity index (χ2v) is 8.20. The van der Waals surface area contributed by atoms with Gasteiger partial charge in [-0.05, 0) is 30.2 Å². The van der Waals surface area contributed by atoms with Gasteiger partial charge < -0.3 is 0 Å². The Morgan fingerprint density at radius 2 is 1.93 bits per heavy atom. The number of hydrogen-bond acceptors (Lipinski definition) is 5. The molecule has 1 amide bonds. The molecule has 0 aromatic heterocycles. The van der Waals surface area contributed by atoms with Crippen molar-refractivity contribution in [3.8, 4) is 0 Å². The van der Waals surface area contributed by atoms with E-state index in [-0.39, 0.29) is 5.91 Å². The minimum atomic E-state index is -0.403. The van der Waals surface area contributed by atoms with Crippen LogP contribution in [0.2, 0.25) is 5.02 Å². The number of hydrazone groups is 1. The predicted octanol–water partition coefficient (Wildman–Crippen LogP) is 3.41. The van der Waals surface area contributed by atoms with Crippen molar-refractivity contribution in [3.05, 3.63) is 69.7 Å². The number of benzene rings is 2. The van der Waals surface area contributed by atoms with E-state index in [2.05, 4.69) is 12.2 Å². The van der Waals surface area contributed by atoms with E-state index >= 15 is 0 Å². The molecule has 28 heavy (non-hydrogen) atoms. The number of thioether (sulfide) groups is 1. The maximum atomic E-state index is 13.0. The van der Waals surface area contributed by atoms with Crippen molar-refractivity contribution < 1.29 is 4.79 Å². The fourth-order valence-corrected chi connectivity index (χ4v) is 4.24. The molecule has 0 saturated carbocycles. The van der Waals surface area contributed by atoms with Crippen LogP contribution in [-0.2, 0) is 4.79 Å². The number of nitrogens with zero attached hydrogens (tertiary/aromatic N) is 3. The van der Waals surface area contributed by atoms with Gasteiger partial charge in [-0.2, -0.15) is 0 Å². The molecule has 0 fully saturated rings. The standard InChI is InChI=1S/C21H21ClN4OS/c1-2-3-6-13-28-21-24-20(27)18-16-7-4-5-8-17(16)23-19(26(18)25-21)14-9-11-15(22)12-10-14/h4-5,7-12,19H,2-3,6,13H2,1H3,(H,24,25,27)/t19-/m0/s1. The van der Waals surface area contributed by atoms with Gasteiger partial charge in [0.25, 0.3) is 5.91 Å². The molecule has 4 rings (SSSR count). The highest BCUT2D eigenvalue weighted by Crippen LogP contribution is 2.31. The Labute approximate surface area is 173 Å². The summed E-state index contributed by atoms with van der Waals surface area (Å²) in [5.41, 5.74) is 1.47. The molecule has 0 radical (unpaired) electrons. The first-order chi connectivity index (χ1) is 13.7. The van der Waals surface area contributed by atoms with Crippen LogP contribution >= 0.6 is 23.4 Å². The Hall–Kier alpha value is -2.31. The average molecular weight is 413 g/mol. The molecular formula is C21H21ClN4OS. The van der Waals surface area contributed by atoms with Gasteiger partial charge in [0, 0.05) is 16.0 Å². The van der Waals surface area contributed by atoms with Crippen molar-refractivity contribution in [2.45, 2.75) is 32.4 Å². The highest BCUT2D eigenvalue weighted by Gasteiger charge is 2.34. The van der Waals surface area contributed by atoms with Crippen LogP contribution in [0.3, 0.4) is 0 Å². The number of para-hydroxylation sites is 1. The summed E-state index contributed by atoms with van der Waals surface area (Å²) < 4.78 is 0. The van der Waals surface area contributed by atoms with Crippen LogP contribution in [0, 0.1) is 0 Å². The number of carbonyl (C=O) groups excluding carboxylic acids is 1. The van der Waals surface area contributed by atoms with Crippen LogP contribution in [0.5, 0.6) is 0 Å². The van der Waals surface area contributed by atoms with Crippen LogP contribution in [0.25, 0.3) is 5.70 Å². The molecule has 144 valence electrons. The highest BCUT2D eigenvalue weighted by atomic mass is 35.5. The van der Waals surface area contributed by atoms with Crippen molar-refractivity contribution in [2.75, 3.05) is 5.75 Å². The molecule has 0 bridgehead atoms. The second kappa shape index (κ2) is 8.37. The van der Waals surface area contributed by atoms with Gasteiger partial charge in [0.15, 0.2) is 11.3 Å². The van der Waals surface area contributed by atoms with E-state index in [1.54, 1.807) is 16.8 Å². The van der Waals surface area contributed by atoms with E-state index in [1.165, 1.54) is 6.42 Å². The highest BCUT2D eigenvalue weighted by molar-refractivity contribution is 8.13. The second-order valence-electron chi connectivity index (χ2n) is 6.68. The first kappa shape index (κ1) is 19.0. The van der Waals surface area contributed by atoms with Gasteiger partial charge in [0.1, 0.15) is 5.70 Å². The molecule has 2 aliphatic heterocycles. The molecule has 0 unspecified atom stereocenters. The van der Waals surface area contributed by atoms with E-state index in [4.69, 9.17) is 21.7 Å². The molecule has 1 atom stereocenters. The SMILES string of the molecule is CCCCCSC1=NN2C(=c3ccccc3=N[C@@H]2c2ccc(Cl)cc2)C(=O)N1. The molecule has 1 N–H and O–H groups in total. The number of hydrogen-bond donors (Lipinski definition) is 1. The molecular weight excluding hydrogens is 392 g/mol. The van der Waals surface area contributed by atoms with Gasteiger partial charge in [-0.1, -0.05) is 73.5 Å². The van der Waals surface area contributed by atoms with Gasteiger partial charge in [0.2, 0.25) is 0 Å². The zero-order chi connectivity index (χ0) is 19.5. The van der Waals surface area contributed by atoms with Gasteiger partial charge in [-0.15, -0.1) is 5.10 Å². The Kier molecular flexibility index (Phi) is 5.69. The molecule has 0 saturated heterocycles. The smallest absolute Gasteiger partial charge is 0.276 e. The molecule has 2 aromatic rings. The lowest BCUT2D eigenvalue weighted by molar-refractivity contribution is -0.116. The molecule has 2 heterocycles. The van der Waals surface area contributed by atoms with E-state index < -0.39 is 6.17 Å². The minimum absolute atomic E-state index is 0.144. The maximum absolute atomic E-state index is 13.0. The van der Waals surface area contributed by atoms with Crippen molar-refractivity contribution >= 4 is 40.1 Å². The third-order valence-electron chi connectivity index (χ3n) is 4.67. The van der Waals surface area contributed by atoms with Crippen molar-refractivity contribution in [2.24, 2.45) is 10.1 Å². The Bertz CT molecular complexity index is 1040. The summed E-state index contributed by atoms with van der Waals surface area (Å²) in [5, 5.41) is 12.3. The molecule has 0 spiro atoms. The van der Waals surface area contributed by atoms with Crippen LogP contribution in [0.15, 0.2) is 58.6 Å². The fourth-order valence-electron chi connectivity index (χ4n) is 3.27. The molecule has 2 aliphatic rings. The predicted molar refractivity (Wildman–Crippen MR) is 114 cm³/mol. The lowest BCUT2D eigenvalue weighted by Crippen LogP contribution is -2.50. The number of nitrogens with one attached hydrogen (secondary N) is 1. The zero-order valence-electron chi connectivity index (χ0n) is 15.6. The largest absolute Gasteiger partial charge is 0.298 e. The number of halogens is 1. The third-order valence-corrected chi connectivity index (χ3v) is 5.87. The molecule has 5 nitrogen and oxygen atoms in total. The summed E-state index contributed by atoms with van der Waals surface area (Å²) in [7, 11) is 0. The van der Waals surface area contributed by atoms with Crippen LogP contribution in [0.1, 0.15) is 37.9 Å². The molecule has 0 aliphatic carbocycles. The normalized spacial score (nSPS) is 18.0. The third kappa shape index (κ3) is 3.80. The summed E-state index contributed by atoms with van der Waals surface area (Å²) in [4.78, 5) is 17.8. The number of carbonyl (C=O) groups is 1. The van der Waals surface area contributed by atoms with Crippen molar-refractivity contribution in [3.63, 3.8) is 0 Å². The fraction of sp³-hybridized carbons (Fsp3) is 0.286. The van der Waals surface area contributed by atoms with E-state index in [9.17, 15) is 4.79 Å². The quantitative estimate of drug-likeness (QED) is 0.765. The zero-order valence-corrected chi connectivity index (χ0v) is 17.1. The van der Waals surface area contributed by atoms with Crippen molar-refractivity contribution in [1.29, 1.82) is 0 Å². The van der Waals surface area contributed by atoms with Crippen LogP contribution in [0.4, 0.5) is 0 Å². The van der Waals surface area contributed by atoms with E-state index in [0.717, 1.165) is 34.7 Å². The first-order valence-electron chi connectivity index (χ1n) is 9.42. The number of amides is 1. The van der Waals surface area contributed by atoms with Crippen LogP contribution in [-0.4, -0.2) is 21.8 Å². The minimum Gasteiger partial charge on any atom is -0.298 e. The monoisotopic (exact) mass is 412 g/mol. The summed E-state index contributed by atoms with van der Waals surface area (Å²) in [6.07, 6.45) is 3.03. The van der Waals surface area contributed by atoms with Gasteiger partial charge in [0.05, 0.1) is 5.36 Å². The Balaban J connectivity index is 1.76. The summed E-state index contributed by atoms with van der Waals surface area (Å²) in [6.45, 7) is 2.18. The van der Waals surface area contributed by atoms with Gasteiger partial charge in [-0.3, -0.25) is 15.1 Å². The van der Waals surface area contributed by atoms with Crippen molar-refractivity contribution in [1.82, 2.24) is 10.3 Å². The lowest BCUT2D eigenvalue weighted by Gasteiger charge is -2.34. The summed E-state index contributed by atoms with van der Waals surface area (Å²) >= 11 is 7.63. The summed E-state index contributed by atoms with van der Waals surface area (Å²) in [6, 6.07) is 15.2. The summed E-state index contributed by atoms with van der Waals surface area (Å²) in [5.74, 6) is 0.782. The Morgan fingerprint density at radius 1 is 1.14 bits per heavy atom. The number of fused-ring (bicyclic) bond motifs is 2. The Morgan fingerprint density at radius 3 is 2.71 bits per heavy atom. The average Bonchev–Trinajstić information content (AvgIpc) is 2.71. The van der Waals surface area contributed by atoms with E-state index in [1.807, 2.05) is 48.5 Å². The van der Waals surface area contributed by atoms with Crippen LogP contribution < -0.4 is 15.9 Å².